The number of amides is 1. The first-order valence-electron chi connectivity index (χ1n) is 8.86. The Bertz CT molecular complexity index is 937. The Balaban J connectivity index is 1.91. The van der Waals surface area contributed by atoms with Crippen LogP contribution in [-0.4, -0.2) is 31.2 Å². The number of carbonyl (C=O) groups excluding carboxylic acids is 1. The number of carbonyl (C=O) groups is 1. The van der Waals surface area contributed by atoms with Crippen LogP contribution in [0.5, 0.6) is 0 Å². The van der Waals surface area contributed by atoms with Gasteiger partial charge in [0.25, 0.3) is 0 Å². The van der Waals surface area contributed by atoms with E-state index in [0.717, 1.165) is 24.3 Å². The van der Waals surface area contributed by atoms with E-state index in [0.29, 0.717) is 5.56 Å². The average Bonchev–Trinajstić information content (AvgIpc) is 2.66. The van der Waals surface area contributed by atoms with Gasteiger partial charge in [-0.15, -0.1) is 0 Å². The van der Waals surface area contributed by atoms with Crippen molar-refractivity contribution >= 4 is 15.7 Å². The van der Waals surface area contributed by atoms with E-state index in [-0.39, 0.29) is 23.4 Å². The van der Waals surface area contributed by atoms with Crippen LogP contribution in [0.15, 0.2) is 53.4 Å². The summed E-state index contributed by atoms with van der Waals surface area (Å²) in [6, 6.07) is 10.0. The van der Waals surface area contributed by atoms with Crippen LogP contribution in [0.3, 0.4) is 0 Å². The predicted molar refractivity (Wildman–Crippen MR) is 102 cm³/mol. The van der Waals surface area contributed by atoms with Crippen molar-refractivity contribution in [3.8, 4) is 0 Å². The van der Waals surface area contributed by atoms with Crippen LogP contribution in [0, 0.1) is 0 Å². The van der Waals surface area contributed by atoms with E-state index >= 15 is 0 Å². The maximum atomic E-state index is 12.6. The van der Waals surface area contributed by atoms with Crippen molar-refractivity contribution in [2.24, 2.45) is 0 Å². The third-order valence-electron chi connectivity index (χ3n) is 4.35. The second-order valence-corrected chi connectivity index (χ2v) is 9.36. The van der Waals surface area contributed by atoms with Crippen LogP contribution in [0.2, 0.25) is 0 Å². The van der Waals surface area contributed by atoms with E-state index in [1.807, 2.05) is 0 Å². The van der Waals surface area contributed by atoms with Gasteiger partial charge in [0, 0.05) is 6.54 Å². The summed E-state index contributed by atoms with van der Waals surface area (Å²) in [7, 11) is -3.39. The summed E-state index contributed by atoms with van der Waals surface area (Å²) >= 11 is 0. The number of benzene rings is 2. The summed E-state index contributed by atoms with van der Waals surface area (Å²) in [5.74, 6) is -0.407. The number of hydrogen-bond donors (Lipinski definition) is 2. The minimum Gasteiger partial charge on any atom is -0.387 e. The molecule has 0 spiro atoms. The molecule has 0 aliphatic carbocycles. The largest absolute Gasteiger partial charge is 0.416 e. The standard InChI is InChI=1S/C20H22F3NO4S/c1-13(2)29(27,28)17-9-3-14(4-10-17)11-19(26)24-12-18(25)15-5-7-16(8-6-15)20(21,22)23/h3-10,13,18,25H,11-12H2,1-2H3,(H,24,26)/t18-/m0/s1. The Labute approximate surface area is 167 Å². The topological polar surface area (TPSA) is 83.5 Å². The number of rotatable bonds is 7. The van der Waals surface area contributed by atoms with Crippen LogP contribution < -0.4 is 5.32 Å². The molecule has 2 N–H and O–H groups in total. The van der Waals surface area contributed by atoms with Gasteiger partial charge in [-0.2, -0.15) is 13.2 Å². The van der Waals surface area contributed by atoms with Gasteiger partial charge in [-0.1, -0.05) is 24.3 Å². The number of halogens is 3. The quantitative estimate of drug-likeness (QED) is 0.708. The molecule has 5 nitrogen and oxygen atoms in total. The fourth-order valence-corrected chi connectivity index (χ4v) is 3.60. The summed E-state index contributed by atoms with van der Waals surface area (Å²) in [6.07, 6.45) is -5.64. The number of aliphatic hydroxyl groups excluding tert-OH is 1. The summed E-state index contributed by atoms with van der Waals surface area (Å²) < 4.78 is 61.8. The van der Waals surface area contributed by atoms with Crippen LogP contribution in [0.1, 0.15) is 36.6 Å². The molecule has 0 aliphatic heterocycles. The Morgan fingerprint density at radius 2 is 1.59 bits per heavy atom. The lowest BCUT2D eigenvalue weighted by molar-refractivity contribution is -0.137. The molecule has 0 aliphatic rings. The van der Waals surface area contributed by atoms with Gasteiger partial charge in [0.05, 0.1) is 28.2 Å². The molecule has 0 aromatic heterocycles. The molecule has 2 aromatic carbocycles. The molecule has 0 saturated carbocycles. The molecule has 0 heterocycles. The van der Waals surface area contributed by atoms with Gasteiger partial charge >= 0.3 is 6.18 Å². The van der Waals surface area contributed by atoms with Gasteiger partial charge in [-0.05, 0) is 49.2 Å². The zero-order chi connectivity index (χ0) is 21.8. The number of hydrogen-bond acceptors (Lipinski definition) is 4. The van der Waals surface area contributed by atoms with Gasteiger partial charge in [0.1, 0.15) is 0 Å². The molecule has 0 radical (unpaired) electrons. The average molecular weight is 429 g/mol. The van der Waals surface area contributed by atoms with E-state index in [9.17, 15) is 31.5 Å². The first-order chi connectivity index (χ1) is 13.4. The van der Waals surface area contributed by atoms with Gasteiger partial charge in [0.2, 0.25) is 5.91 Å². The number of nitrogens with one attached hydrogen (secondary N) is 1. The molecule has 1 amide bonds. The Morgan fingerprint density at radius 3 is 2.07 bits per heavy atom. The highest BCUT2D eigenvalue weighted by Crippen LogP contribution is 2.29. The van der Waals surface area contributed by atoms with Crippen molar-refractivity contribution < 1.29 is 31.5 Å². The van der Waals surface area contributed by atoms with Crippen molar-refractivity contribution in [2.75, 3.05) is 6.54 Å². The van der Waals surface area contributed by atoms with Crippen molar-refractivity contribution in [1.82, 2.24) is 5.32 Å². The Kier molecular flexibility index (Phi) is 7.07. The second-order valence-electron chi connectivity index (χ2n) is 6.85. The molecule has 0 unspecified atom stereocenters. The monoisotopic (exact) mass is 429 g/mol. The number of sulfone groups is 1. The van der Waals surface area contributed by atoms with Crippen LogP contribution in [0.4, 0.5) is 13.2 Å². The van der Waals surface area contributed by atoms with Crippen LogP contribution in [0.25, 0.3) is 0 Å². The van der Waals surface area contributed by atoms with Crippen molar-refractivity contribution in [3.05, 3.63) is 65.2 Å². The minimum absolute atomic E-state index is 0.0261. The SMILES string of the molecule is CC(C)S(=O)(=O)c1ccc(CC(=O)NC[C@H](O)c2ccc(C(F)(F)F)cc2)cc1. The van der Waals surface area contributed by atoms with Gasteiger partial charge < -0.3 is 10.4 Å². The lowest BCUT2D eigenvalue weighted by atomic mass is 10.1. The Morgan fingerprint density at radius 1 is 1.03 bits per heavy atom. The highest BCUT2D eigenvalue weighted by atomic mass is 32.2. The van der Waals surface area contributed by atoms with Gasteiger partial charge in [-0.25, -0.2) is 8.42 Å². The zero-order valence-electron chi connectivity index (χ0n) is 15.9. The second kappa shape index (κ2) is 8.96. The molecule has 0 saturated heterocycles. The highest BCUT2D eigenvalue weighted by molar-refractivity contribution is 7.92. The van der Waals surface area contributed by atoms with Crippen molar-refractivity contribution in [3.63, 3.8) is 0 Å². The summed E-state index contributed by atoms with van der Waals surface area (Å²) in [5, 5.41) is 12.0. The molecule has 0 fully saturated rings. The lowest BCUT2D eigenvalue weighted by Crippen LogP contribution is -2.29. The Hall–Kier alpha value is -2.39. The van der Waals surface area contributed by atoms with Gasteiger partial charge in [-0.3, -0.25) is 4.79 Å². The molecule has 1 atom stereocenters. The summed E-state index contributed by atoms with van der Waals surface area (Å²) in [6.45, 7) is 3.00. The predicted octanol–water partition coefficient (Wildman–Crippen LogP) is 3.28. The number of alkyl halides is 3. The molecular formula is C20H22F3NO4S. The summed E-state index contributed by atoms with van der Waals surface area (Å²) in [4.78, 5) is 12.2. The smallest absolute Gasteiger partial charge is 0.387 e. The van der Waals surface area contributed by atoms with Gasteiger partial charge in [0.15, 0.2) is 9.84 Å². The fraction of sp³-hybridized carbons (Fsp3) is 0.350. The molecule has 0 bridgehead atoms. The normalized spacial score (nSPS) is 13.3. The zero-order valence-corrected chi connectivity index (χ0v) is 16.7. The molecule has 2 rings (SSSR count). The van der Waals surface area contributed by atoms with E-state index < -0.39 is 38.8 Å². The van der Waals surface area contributed by atoms with Crippen molar-refractivity contribution in [2.45, 2.75) is 42.7 Å². The third kappa shape index (κ3) is 6.04. The maximum absolute atomic E-state index is 12.6. The molecule has 9 heteroatoms. The van der Waals surface area contributed by atoms with E-state index in [2.05, 4.69) is 5.32 Å². The van der Waals surface area contributed by atoms with E-state index in [1.165, 1.54) is 12.1 Å². The first-order valence-corrected chi connectivity index (χ1v) is 10.4. The first kappa shape index (κ1) is 22.9. The highest BCUT2D eigenvalue weighted by Gasteiger charge is 2.30. The van der Waals surface area contributed by atoms with Crippen LogP contribution in [-0.2, 0) is 27.2 Å². The molecule has 158 valence electrons. The number of aliphatic hydroxyl groups is 1. The summed E-state index contributed by atoms with van der Waals surface area (Å²) in [5.41, 5.74) is 0.0242. The van der Waals surface area contributed by atoms with E-state index in [1.54, 1.807) is 26.0 Å². The van der Waals surface area contributed by atoms with Crippen LogP contribution >= 0.6 is 0 Å². The molecule has 2 aromatic rings. The van der Waals surface area contributed by atoms with Crippen molar-refractivity contribution in [1.29, 1.82) is 0 Å². The molecular weight excluding hydrogens is 407 g/mol. The molecule has 29 heavy (non-hydrogen) atoms. The van der Waals surface area contributed by atoms with E-state index in [4.69, 9.17) is 0 Å². The fourth-order valence-electron chi connectivity index (χ4n) is 2.54. The maximum Gasteiger partial charge on any atom is 0.416 e. The lowest BCUT2D eigenvalue weighted by Gasteiger charge is -2.14. The third-order valence-corrected chi connectivity index (χ3v) is 6.52. The minimum atomic E-state index is -4.46.